The van der Waals surface area contributed by atoms with Gasteiger partial charge in [-0.05, 0) is 75.8 Å². The molecule has 0 aromatic heterocycles. The Bertz CT molecular complexity index is 1130. The van der Waals surface area contributed by atoms with Crippen molar-refractivity contribution in [3.63, 3.8) is 0 Å². The molecule has 37 heavy (non-hydrogen) atoms. The largest absolute Gasteiger partial charge is 0.508 e. The van der Waals surface area contributed by atoms with Gasteiger partial charge in [0, 0.05) is 17.5 Å². The number of carbonyl (C=O) groups is 3. The fourth-order valence-corrected chi connectivity index (χ4v) is 4.53. The van der Waals surface area contributed by atoms with E-state index in [0.717, 1.165) is 17.5 Å². The molecule has 4 atom stereocenters. The molecule has 2 aromatic carbocycles. The second-order valence-electron chi connectivity index (χ2n) is 10.7. The molecule has 1 aliphatic carbocycles. The summed E-state index contributed by atoms with van der Waals surface area (Å²) in [5.41, 5.74) is 2.29. The molecule has 0 saturated heterocycles. The van der Waals surface area contributed by atoms with Crippen molar-refractivity contribution in [3.8, 4) is 5.75 Å². The van der Waals surface area contributed by atoms with E-state index in [-0.39, 0.29) is 29.4 Å². The van der Waals surface area contributed by atoms with Crippen molar-refractivity contribution in [3.05, 3.63) is 59.2 Å². The lowest BCUT2D eigenvalue weighted by atomic mass is 10.0. The maximum absolute atomic E-state index is 14.0. The molecule has 3 amide bonds. The summed E-state index contributed by atoms with van der Waals surface area (Å²) >= 11 is 4.32. The highest BCUT2D eigenvalue weighted by molar-refractivity contribution is 7.80. The van der Waals surface area contributed by atoms with E-state index in [4.69, 9.17) is 4.74 Å². The van der Waals surface area contributed by atoms with Gasteiger partial charge in [0.2, 0.25) is 5.91 Å². The first-order valence-corrected chi connectivity index (χ1v) is 13.0. The quantitative estimate of drug-likeness (QED) is 0.371. The molecule has 8 nitrogen and oxygen atoms in total. The summed E-state index contributed by atoms with van der Waals surface area (Å²) in [5, 5.41) is 15.5. The highest BCUT2D eigenvalue weighted by atomic mass is 32.1. The number of amides is 3. The van der Waals surface area contributed by atoms with Crippen LogP contribution in [-0.2, 0) is 14.3 Å². The van der Waals surface area contributed by atoms with Crippen molar-refractivity contribution in [1.82, 2.24) is 10.2 Å². The van der Waals surface area contributed by atoms with Gasteiger partial charge >= 0.3 is 6.09 Å². The van der Waals surface area contributed by atoms with Gasteiger partial charge in [-0.15, -0.1) is 0 Å². The van der Waals surface area contributed by atoms with Gasteiger partial charge in [0.05, 0.1) is 0 Å². The van der Waals surface area contributed by atoms with Gasteiger partial charge < -0.3 is 25.4 Å². The number of carbonyl (C=O) groups excluding carboxylic acids is 3. The summed E-state index contributed by atoms with van der Waals surface area (Å²) in [4.78, 5) is 41.9. The normalized spacial score (nSPS) is 18.4. The molecule has 0 aliphatic heterocycles. The summed E-state index contributed by atoms with van der Waals surface area (Å²) in [7, 11) is 0. The summed E-state index contributed by atoms with van der Waals surface area (Å²) in [6.45, 7) is 11.0. The van der Waals surface area contributed by atoms with Crippen molar-refractivity contribution in [2.75, 3.05) is 11.1 Å². The van der Waals surface area contributed by atoms with E-state index < -0.39 is 29.7 Å². The van der Waals surface area contributed by atoms with Crippen LogP contribution in [0.1, 0.15) is 56.8 Å². The van der Waals surface area contributed by atoms with Gasteiger partial charge in [-0.1, -0.05) is 37.3 Å². The molecular weight excluding hydrogens is 490 g/mol. The number of thiol groups is 1. The van der Waals surface area contributed by atoms with E-state index in [1.807, 2.05) is 39.0 Å². The van der Waals surface area contributed by atoms with E-state index in [9.17, 15) is 19.5 Å². The van der Waals surface area contributed by atoms with Crippen molar-refractivity contribution in [2.45, 2.75) is 71.7 Å². The van der Waals surface area contributed by atoms with Crippen LogP contribution in [0.25, 0.3) is 0 Å². The Balaban J connectivity index is 2.00. The lowest BCUT2D eigenvalue weighted by Gasteiger charge is -2.35. The predicted molar refractivity (Wildman–Crippen MR) is 147 cm³/mol. The Morgan fingerprint density at radius 2 is 1.68 bits per heavy atom. The topological polar surface area (TPSA) is 108 Å². The van der Waals surface area contributed by atoms with Gasteiger partial charge in [-0.3, -0.25) is 9.59 Å². The third kappa shape index (κ3) is 7.19. The Kier molecular flexibility index (Phi) is 8.79. The minimum atomic E-state index is -1.00. The Hall–Kier alpha value is -3.20. The molecule has 1 aliphatic rings. The zero-order chi connectivity index (χ0) is 27.5. The van der Waals surface area contributed by atoms with Gasteiger partial charge in [0.15, 0.2) is 0 Å². The average molecular weight is 528 g/mol. The van der Waals surface area contributed by atoms with E-state index in [0.29, 0.717) is 11.3 Å². The molecule has 9 heteroatoms. The standard InChI is InChI=1S/C28H37N3O5S/c1-16-8-7-9-17(2)23(16)30-25(33)24(19-10-12-20(32)13-11-19)31(22-14-18(22)3)26(34)21(15-37)29-27(35)36-28(4,5)6/h7-13,18,21-22,24,32,37H,14-15H2,1-6H3,(H,29,35)(H,30,33). The Morgan fingerprint density at radius 3 is 2.16 bits per heavy atom. The van der Waals surface area contributed by atoms with Gasteiger partial charge in [-0.25, -0.2) is 4.79 Å². The maximum Gasteiger partial charge on any atom is 0.408 e. The molecule has 4 unspecified atom stereocenters. The smallest absolute Gasteiger partial charge is 0.408 e. The van der Waals surface area contributed by atoms with Crippen molar-refractivity contribution in [1.29, 1.82) is 0 Å². The molecule has 200 valence electrons. The zero-order valence-corrected chi connectivity index (χ0v) is 23.1. The summed E-state index contributed by atoms with van der Waals surface area (Å²) in [6.07, 6.45) is -0.00668. The zero-order valence-electron chi connectivity index (χ0n) is 22.2. The lowest BCUT2D eigenvalue weighted by molar-refractivity contribution is -0.141. The maximum atomic E-state index is 14.0. The van der Waals surface area contributed by atoms with Crippen LogP contribution in [0, 0.1) is 19.8 Å². The third-order valence-electron chi connectivity index (χ3n) is 6.32. The molecule has 1 saturated carbocycles. The van der Waals surface area contributed by atoms with E-state index in [1.165, 1.54) is 12.1 Å². The number of phenolic OH excluding ortho intramolecular Hbond substituents is 1. The molecule has 3 N–H and O–H groups in total. The number of nitrogens with zero attached hydrogens (tertiary/aromatic N) is 1. The van der Waals surface area contributed by atoms with Crippen molar-refractivity contribution >= 4 is 36.2 Å². The molecule has 2 aromatic rings. The number of aryl methyl sites for hydroxylation is 2. The molecule has 0 heterocycles. The summed E-state index contributed by atoms with van der Waals surface area (Å²) in [6, 6.07) is 9.78. The molecule has 3 rings (SSSR count). The van der Waals surface area contributed by atoms with Gasteiger partial charge in [-0.2, -0.15) is 12.6 Å². The van der Waals surface area contributed by atoms with Crippen molar-refractivity contribution in [2.24, 2.45) is 5.92 Å². The third-order valence-corrected chi connectivity index (χ3v) is 6.68. The van der Waals surface area contributed by atoms with Crippen LogP contribution in [-0.4, -0.2) is 51.4 Å². The number of ether oxygens (including phenoxy) is 1. The molecule has 1 fully saturated rings. The Morgan fingerprint density at radius 1 is 1.11 bits per heavy atom. The SMILES string of the molecule is Cc1cccc(C)c1NC(=O)C(c1ccc(O)cc1)N(C(=O)C(CS)NC(=O)OC(C)(C)C)C1CC1C. The van der Waals surface area contributed by atoms with Crippen LogP contribution in [0.5, 0.6) is 5.75 Å². The number of para-hydroxylation sites is 1. The number of benzene rings is 2. The number of aromatic hydroxyl groups is 1. The number of hydrogen-bond donors (Lipinski definition) is 4. The Labute approximate surface area is 224 Å². The first kappa shape index (κ1) is 28.4. The van der Waals surface area contributed by atoms with Gasteiger partial charge in [0.1, 0.15) is 23.4 Å². The van der Waals surface area contributed by atoms with Gasteiger partial charge in [0.25, 0.3) is 5.91 Å². The van der Waals surface area contributed by atoms with E-state index in [2.05, 4.69) is 23.3 Å². The minimum Gasteiger partial charge on any atom is -0.508 e. The fraction of sp³-hybridized carbons (Fsp3) is 0.464. The number of nitrogens with one attached hydrogen (secondary N) is 2. The number of anilines is 1. The molecule has 0 bridgehead atoms. The van der Waals surface area contributed by atoms with Crippen LogP contribution < -0.4 is 10.6 Å². The van der Waals surface area contributed by atoms with Crippen LogP contribution >= 0.6 is 12.6 Å². The first-order chi connectivity index (χ1) is 17.3. The molecule has 0 spiro atoms. The number of alkyl carbamates (subject to hydrolysis) is 1. The molecular formula is C28H37N3O5S. The average Bonchev–Trinajstić information content (AvgIpc) is 3.53. The van der Waals surface area contributed by atoms with Crippen molar-refractivity contribution < 1.29 is 24.2 Å². The van der Waals surface area contributed by atoms with Crippen LogP contribution in [0.2, 0.25) is 0 Å². The fourth-order valence-electron chi connectivity index (χ4n) is 4.29. The summed E-state index contributed by atoms with van der Waals surface area (Å²) in [5.74, 6) is -0.555. The number of phenols is 1. The molecule has 0 radical (unpaired) electrons. The highest BCUT2D eigenvalue weighted by Crippen LogP contribution is 2.41. The van der Waals surface area contributed by atoms with E-state index in [1.54, 1.807) is 37.8 Å². The summed E-state index contributed by atoms with van der Waals surface area (Å²) < 4.78 is 5.35. The minimum absolute atomic E-state index is 0.0243. The van der Waals surface area contributed by atoms with Crippen LogP contribution in [0.3, 0.4) is 0 Å². The van der Waals surface area contributed by atoms with Crippen LogP contribution in [0.4, 0.5) is 10.5 Å². The second kappa shape index (κ2) is 11.5. The second-order valence-corrected chi connectivity index (χ2v) is 11.0. The number of rotatable bonds is 8. The number of hydrogen-bond acceptors (Lipinski definition) is 6. The predicted octanol–water partition coefficient (Wildman–Crippen LogP) is 4.75. The van der Waals surface area contributed by atoms with Crippen LogP contribution in [0.15, 0.2) is 42.5 Å². The lowest BCUT2D eigenvalue weighted by Crippen LogP contribution is -2.54. The van der Waals surface area contributed by atoms with E-state index >= 15 is 0 Å². The monoisotopic (exact) mass is 527 g/mol. The first-order valence-electron chi connectivity index (χ1n) is 12.4. The highest BCUT2D eigenvalue weighted by Gasteiger charge is 2.48.